The first-order chi connectivity index (χ1) is 20.2. The predicted molar refractivity (Wildman–Crippen MR) is 161 cm³/mol. The number of rotatable bonds is 5. The summed E-state index contributed by atoms with van der Waals surface area (Å²) < 4.78 is 18.5. The highest BCUT2D eigenvalue weighted by Gasteiger charge is 2.82. The van der Waals surface area contributed by atoms with Gasteiger partial charge in [-0.05, 0) is 103 Å². The highest BCUT2D eigenvalue weighted by molar-refractivity contribution is 5.68. The molecule has 2 saturated heterocycles. The molecular formula is C34H55N3O6. The van der Waals surface area contributed by atoms with Gasteiger partial charge in [0.2, 0.25) is 0 Å². The van der Waals surface area contributed by atoms with Crippen LogP contribution in [0.25, 0.3) is 0 Å². The molecule has 43 heavy (non-hydrogen) atoms. The van der Waals surface area contributed by atoms with Crippen LogP contribution < -0.4 is 16.4 Å². The Bertz CT molecular complexity index is 1140. The van der Waals surface area contributed by atoms with E-state index in [1.165, 1.54) is 12.8 Å². The van der Waals surface area contributed by atoms with E-state index in [1.807, 2.05) is 13.8 Å². The van der Waals surface area contributed by atoms with E-state index in [4.69, 9.17) is 19.9 Å². The molecule has 0 aromatic rings. The lowest BCUT2D eigenvalue weighted by Gasteiger charge is -2.59. The van der Waals surface area contributed by atoms with Crippen molar-refractivity contribution >= 4 is 12.2 Å². The standard InChI is InChI=1S/C34H55N3O6/c1-17(2)27(43-29(35)39)21-13-18(3)24-28(41-21)26(38)25-20-7-8-22-31(4,5)23(42-30(40)37-19-14-36-15-19)9-10-34(22)16-33(20,34)12-11-32(24,25)6/h17-28,36,38H,7-16H2,1-6H3,(H2,35,39)(H,37,40)/t18-,20?,21?,22?,23+,24?,25?,26-,27-,28?,32?,33+,34?/m1/s1. The van der Waals surface area contributed by atoms with Crippen molar-refractivity contribution in [2.24, 2.45) is 62.9 Å². The maximum Gasteiger partial charge on any atom is 0.407 e. The molecule has 5 N–H and O–H groups in total. The summed E-state index contributed by atoms with van der Waals surface area (Å²) in [6, 6.07) is 0.180. The Kier molecular flexibility index (Phi) is 6.97. The van der Waals surface area contributed by atoms with Crippen LogP contribution in [0.1, 0.15) is 92.9 Å². The summed E-state index contributed by atoms with van der Waals surface area (Å²) >= 11 is 0. The van der Waals surface area contributed by atoms with Crippen LogP contribution in [0.3, 0.4) is 0 Å². The quantitative estimate of drug-likeness (QED) is 0.362. The van der Waals surface area contributed by atoms with E-state index in [0.717, 1.165) is 51.6 Å². The van der Waals surface area contributed by atoms with Crippen LogP contribution in [-0.4, -0.2) is 66.9 Å². The van der Waals surface area contributed by atoms with Crippen LogP contribution in [0.2, 0.25) is 0 Å². The van der Waals surface area contributed by atoms with Crippen molar-refractivity contribution in [3.8, 4) is 0 Å². The molecule has 0 bridgehead atoms. The van der Waals surface area contributed by atoms with Gasteiger partial charge in [-0.1, -0.05) is 41.5 Å². The van der Waals surface area contributed by atoms with Gasteiger partial charge in [0, 0.05) is 18.5 Å². The highest BCUT2D eigenvalue weighted by Crippen LogP contribution is 2.87. The SMILES string of the molecule is CC(C)[C@@H](OC(N)=O)C1C[C@@H](C)C2C(O1)[C@H](O)C1C3CCC4C(C)(C)[C@@H](OC(=O)NC5CNC5)CCC45C[C@@]35CCC12C. The lowest BCUT2D eigenvalue weighted by Crippen LogP contribution is -2.59. The van der Waals surface area contributed by atoms with Gasteiger partial charge in [-0.15, -0.1) is 0 Å². The van der Waals surface area contributed by atoms with Crippen LogP contribution in [0.15, 0.2) is 0 Å². The molecule has 9 nitrogen and oxygen atoms in total. The van der Waals surface area contributed by atoms with Crippen molar-refractivity contribution in [1.29, 1.82) is 0 Å². The molecule has 7 rings (SSSR count). The van der Waals surface area contributed by atoms with Crippen molar-refractivity contribution in [2.45, 2.75) is 129 Å². The Morgan fingerprint density at radius 2 is 1.79 bits per heavy atom. The number of aliphatic hydroxyl groups is 1. The third-order valence-electron chi connectivity index (χ3n) is 14.5. The van der Waals surface area contributed by atoms with Crippen LogP contribution in [0.4, 0.5) is 9.59 Å². The van der Waals surface area contributed by atoms with Gasteiger partial charge in [-0.2, -0.15) is 0 Å². The Morgan fingerprint density at radius 1 is 1.05 bits per heavy atom. The number of carbonyl (C=O) groups excluding carboxylic acids is 2. The molecule has 5 saturated carbocycles. The fourth-order valence-electron chi connectivity index (χ4n) is 12.8. The second kappa shape index (κ2) is 9.96. The molecule has 5 aliphatic carbocycles. The fourth-order valence-corrected chi connectivity index (χ4v) is 12.8. The second-order valence-electron chi connectivity index (χ2n) is 17.0. The molecule has 2 heterocycles. The largest absolute Gasteiger partial charge is 0.446 e. The minimum Gasteiger partial charge on any atom is -0.446 e. The molecule has 2 aliphatic heterocycles. The zero-order chi connectivity index (χ0) is 30.7. The zero-order valence-corrected chi connectivity index (χ0v) is 27.1. The summed E-state index contributed by atoms with van der Waals surface area (Å²) in [6.07, 6.45) is 6.18. The van der Waals surface area contributed by atoms with Gasteiger partial charge in [0.25, 0.3) is 0 Å². The molecule has 2 amide bonds. The van der Waals surface area contributed by atoms with E-state index in [1.54, 1.807) is 0 Å². The minimum absolute atomic E-state index is 0.0309. The first-order valence-corrected chi connectivity index (χ1v) is 17.2. The van der Waals surface area contributed by atoms with Gasteiger partial charge in [0.15, 0.2) is 0 Å². The average molecular weight is 602 g/mol. The number of fused-ring (bicyclic) bond motifs is 4. The molecule has 13 atom stereocenters. The summed E-state index contributed by atoms with van der Waals surface area (Å²) in [5, 5.41) is 18.4. The molecule has 0 aromatic carbocycles. The molecule has 7 fully saturated rings. The number of hydrogen-bond acceptors (Lipinski definition) is 7. The van der Waals surface area contributed by atoms with Crippen LogP contribution >= 0.6 is 0 Å². The highest BCUT2D eigenvalue weighted by atomic mass is 16.6. The van der Waals surface area contributed by atoms with Crippen LogP contribution in [0.5, 0.6) is 0 Å². The normalized spacial score (nSPS) is 50.1. The summed E-state index contributed by atoms with van der Waals surface area (Å²) in [7, 11) is 0. The van der Waals surface area contributed by atoms with E-state index < -0.39 is 18.3 Å². The summed E-state index contributed by atoms with van der Waals surface area (Å²) in [6.45, 7) is 15.2. The number of aliphatic hydroxyl groups excluding tert-OH is 1. The van der Waals surface area contributed by atoms with Gasteiger partial charge in [-0.3, -0.25) is 0 Å². The van der Waals surface area contributed by atoms with Crippen molar-refractivity contribution in [3.05, 3.63) is 0 Å². The molecule has 242 valence electrons. The Morgan fingerprint density at radius 3 is 2.44 bits per heavy atom. The van der Waals surface area contributed by atoms with Crippen LogP contribution in [-0.2, 0) is 14.2 Å². The number of nitrogens with two attached hydrogens (primary N) is 1. The number of amides is 2. The monoisotopic (exact) mass is 601 g/mol. The smallest absolute Gasteiger partial charge is 0.407 e. The van der Waals surface area contributed by atoms with Gasteiger partial charge < -0.3 is 35.7 Å². The van der Waals surface area contributed by atoms with Crippen molar-refractivity contribution in [1.82, 2.24) is 10.6 Å². The second-order valence-corrected chi connectivity index (χ2v) is 17.0. The summed E-state index contributed by atoms with van der Waals surface area (Å²) in [4.78, 5) is 24.5. The Labute approximate surface area is 257 Å². The van der Waals surface area contributed by atoms with E-state index in [2.05, 4.69) is 38.3 Å². The number of ether oxygens (including phenoxy) is 3. The maximum absolute atomic E-state index is 12.7. The molecule has 2 spiro atoms. The molecular weight excluding hydrogens is 546 g/mol. The average Bonchev–Trinajstić information content (AvgIpc) is 3.51. The zero-order valence-electron chi connectivity index (χ0n) is 27.1. The number of carbonyl (C=O) groups is 2. The van der Waals surface area contributed by atoms with Gasteiger partial charge in [0.1, 0.15) is 12.2 Å². The van der Waals surface area contributed by atoms with E-state index in [-0.39, 0.29) is 63.9 Å². The first kappa shape index (κ1) is 30.1. The van der Waals surface area contributed by atoms with Crippen LogP contribution in [0, 0.1) is 57.2 Å². The van der Waals surface area contributed by atoms with Gasteiger partial charge >= 0.3 is 12.2 Å². The third-order valence-corrected chi connectivity index (χ3v) is 14.5. The van der Waals surface area contributed by atoms with Crippen molar-refractivity contribution in [3.63, 3.8) is 0 Å². The predicted octanol–water partition coefficient (Wildman–Crippen LogP) is 4.60. The molecule has 7 aliphatic rings. The lowest BCUT2D eigenvalue weighted by atomic mass is 9.46. The van der Waals surface area contributed by atoms with Crippen molar-refractivity contribution in [2.75, 3.05) is 13.1 Å². The lowest BCUT2D eigenvalue weighted by molar-refractivity contribution is -0.177. The summed E-state index contributed by atoms with van der Waals surface area (Å²) in [5.74, 6) is 1.95. The number of alkyl carbamates (subject to hydrolysis) is 1. The maximum atomic E-state index is 12.7. The van der Waals surface area contributed by atoms with Gasteiger partial charge in [0.05, 0.1) is 24.4 Å². The van der Waals surface area contributed by atoms with E-state index in [9.17, 15) is 14.7 Å². The summed E-state index contributed by atoms with van der Waals surface area (Å²) in [5.41, 5.74) is 5.96. The number of primary amides is 1. The van der Waals surface area contributed by atoms with E-state index in [0.29, 0.717) is 23.7 Å². The molecule has 0 radical (unpaired) electrons. The first-order valence-electron chi connectivity index (χ1n) is 17.2. The van der Waals surface area contributed by atoms with Crippen molar-refractivity contribution < 1.29 is 28.9 Å². The molecule has 8 unspecified atom stereocenters. The van der Waals surface area contributed by atoms with E-state index >= 15 is 0 Å². The minimum atomic E-state index is -0.762. The number of hydrogen-bond donors (Lipinski definition) is 4. The third kappa shape index (κ3) is 4.18. The Hall–Kier alpha value is -1.58. The topological polar surface area (TPSA) is 132 Å². The molecule has 0 aromatic heterocycles. The van der Waals surface area contributed by atoms with Gasteiger partial charge in [-0.25, -0.2) is 9.59 Å². The number of nitrogens with one attached hydrogen (secondary N) is 2. The fraction of sp³-hybridized carbons (Fsp3) is 0.941. The molecule has 9 heteroatoms. The Balaban J connectivity index is 1.11.